The van der Waals surface area contributed by atoms with Gasteiger partial charge >= 0.3 is 0 Å². The summed E-state index contributed by atoms with van der Waals surface area (Å²) in [5, 5.41) is 2.23. The minimum absolute atomic E-state index is 0.788. The van der Waals surface area contributed by atoms with E-state index in [1.165, 1.54) is 0 Å². The summed E-state index contributed by atoms with van der Waals surface area (Å²) in [5.41, 5.74) is 12.7. The van der Waals surface area contributed by atoms with E-state index in [4.69, 9.17) is 19.1 Å². The van der Waals surface area contributed by atoms with E-state index in [1.54, 1.807) is 7.11 Å². The Hall–Kier alpha value is -6.00. The fraction of sp³-hybridized carbons (Fsp3) is 0.0476. The van der Waals surface area contributed by atoms with Crippen LogP contribution in [0.15, 0.2) is 150 Å². The Morgan fingerprint density at radius 3 is 1.96 bits per heavy atom. The van der Waals surface area contributed by atoms with Crippen LogP contribution in [0.1, 0.15) is 5.69 Å². The van der Waals surface area contributed by atoms with Crippen LogP contribution in [0.3, 0.4) is 0 Å². The van der Waals surface area contributed by atoms with Gasteiger partial charge in [-0.1, -0.05) is 97.1 Å². The van der Waals surface area contributed by atoms with E-state index in [0.717, 1.165) is 89.4 Å². The van der Waals surface area contributed by atoms with Gasteiger partial charge in [-0.2, -0.15) is 0 Å². The standard InChI is InChI=1S/C42H30N2O2/c1-27-22-32(33-18-11-19-35-34-16-6-9-21-41(34)46-42(33)35)26-37(43-27)29-14-10-15-30(23-29)38-24-31(28-12-4-3-5-13-28)25-39(44-38)36-17-7-8-20-40(36)45-2/h3-26H,1-2H3. The highest BCUT2D eigenvalue weighted by atomic mass is 16.5. The number of aryl methyl sites for hydroxylation is 1. The quantitative estimate of drug-likeness (QED) is 0.192. The highest BCUT2D eigenvalue weighted by Crippen LogP contribution is 2.38. The molecule has 0 unspecified atom stereocenters. The van der Waals surface area contributed by atoms with Crippen LogP contribution in [0.4, 0.5) is 0 Å². The lowest BCUT2D eigenvalue weighted by Crippen LogP contribution is -1.94. The number of aromatic nitrogens is 2. The summed E-state index contributed by atoms with van der Waals surface area (Å²) in [6.07, 6.45) is 0. The number of methoxy groups -OCH3 is 1. The molecule has 0 aliphatic heterocycles. The second-order valence-corrected chi connectivity index (χ2v) is 11.4. The SMILES string of the molecule is COc1ccccc1-c1cc(-c2ccccc2)cc(-c2cccc(-c3cc(-c4cccc5c4oc4ccccc45)cc(C)n3)c2)n1. The molecule has 0 aliphatic rings. The van der Waals surface area contributed by atoms with E-state index in [1.807, 2.05) is 43.3 Å². The van der Waals surface area contributed by atoms with E-state index < -0.39 is 0 Å². The molecule has 0 radical (unpaired) electrons. The zero-order valence-electron chi connectivity index (χ0n) is 25.6. The van der Waals surface area contributed by atoms with E-state index in [-0.39, 0.29) is 0 Å². The number of hydrogen-bond donors (Lipinski definition) is 0. The van der Waals surface area contributed by atoms with Crippen molar-refractivity contribution in [1.29, 1.82) is 0 Å². The minimum Gasteiger partial charge on any atom is -0.496 e. The second-order valence-electron chi connectivity index (χ2n) is 11.4. The van der Waals surface area contributed by atoms with Crippen LogP contribution in [-0.2, 0) is 0 Å². The summed E-state index contributed by atoms with van der Waals surface area (Å²) in [5.74, 6) is 0.788. The summed E-state index contributed by atoms with van der Waals surface area (Å²) < 4.78 is 12.1. The van der Waals surface area contributed by atoms with Crippen molar-refractivity contribution < 1.29 is 9.15 Å². The summed E-state index contributed by atoms with van der Waals surface area (Å²) in [6, 6.07) is 50.0. The molecule has 0 bridgehead atoms. The van der Waals surface area contributed by atoms with E-state index in [2.05, 4.69) is 109 Å². The minimum atomic E-state index is 0.788. The lowest BCUT2D eigenvalue weighted by Gasteiger charge is -2.13. The van der Waals surface area contributed by atoms with Gasteiger partial charge in [0.2, 0.25) is 0 Å². The molecule has 220 valence electrons. The molecule has 8 aromatic rings. The van der Waals surface area contributed by atoms with Crippen molar-refractivity contribution in [3.05, 3.63) is 151 Å². The van der Waals surface area contributed by atoms with Gasteiger partial charge in [-0.3, -0.25) is 4.98 Å². The molecule has 0 saturated carbocycles. The Morgan fingerprint density at radius 2 is 1.11 bits per heavy atom. The van der Waals surface area contributed by atoms with Gasteiger partial charge in [0, 0.05) is 38.7 Å². The predicted molar refractivity (Wildman–Crippen MR) is 188 cm³/mol. The number of rotatable bonds is 6. The van der Waals surface area contributed by atoms with Gasteiger partial charge in [0.15, 0.2) is 0 Å². The maximum absolute atomic E-state index is 6.37. The topological polar surface area (TPSA) is 48.2 Å². The summed E-state index contributed by atoms with van der Waals surface area (Å²) in [7, 11) is 1.70. The average Bonchev–Trinajstić information content (AvgIpc) is 3.50. The summed E-state index contributed by atoms with van der Waals surface area (Å²) in [4.78, 5) is 10.1. The Bertz CT molecular complexity index is 2370. The van der Waals surface area contributed by atoms with Crippen LogP contribution >= 0.6 is 0 Å². The first-order valence-corrected chi connectivity index (χ1v) is 15.4. The smallest absolute Gasteiger partial charge is 0.143 e. The molecule has 0 aliphatic carbocycles. The number of pyridine rings is 2. The molecule has 0 saturated heterocycles. The molecular weight excluding hydrogens is 564 g/mol. The number of nitrogens with zero attached hydrogens (tertiary/aromatic N) is 2. The highest BCUT2D eigenvalue weighted by molar-refractivity contribution is 6.09. The third-order valence-corrected chi connectivity index (χ3v) is 8.44. The van der Waals surface area contributed by atoms with E-state index >= 15 is 0 Å². The zero-order valence-corrected chi connectivity index (χ0v) is 25.6. The molecule has 0 spiro atoms. The first kappa shape index (κ1) is 27.5. The van der Waals surface area contributed by atoms with Gasteiger partial charge < -0.3 is 9.15 Å². The van der Waals surface area contributed by atoms with Crippen molar-refractivity contribution in [2.45, 2.75) is 6.92 Å². The first-order chi connectivity index (χ1) is 22.6. The molecule has 3 heterocycles. The van der Waals surface area contributed by atoms with Crippen LogP contribution in [0.5, 0.6) is 5.75 Å². The van der Waals surface area contributed by atoms with Gasteiger partial charge in [-0.25, -0.2) is 4.98 Å². The van der Waals surface area contributed by atoms with Gasteiger partial charge in [-0.15, -0.1) is 0 Å². The third kappa shape index (κ3) is 5.00. The maximum atomic E-state index is 6.37. The normalized spacial score (nSPS) is 11.3. The van der Waals surface area contributed by atoms with Crippen LogP contribution in [0.25, 0.3) is 78.0 Å². The Kier molecular flexibility index (Phi) is 6.88. The van der Waals surface area contributed by atoms with Gasteiger partial charge in [0.25, 0.3) is 0 Å². The average molecular weight is 595 g/mol. The fourth-order valence-corrected chi connectivity index (χ4v) is 6.25. The monoisotopic (exact) mass is 594 g/mol. The van der Waals surface area contributed by atoms with Crippen molar-refractivity contribution in [3.63, 3.8) is 0 Å². The van der Waals surface area contributed by atoms with Crippen molar-refractivity contribution in [2.24, 2.45) is 0 Å². The molecule has 3 aromatic heterocycles. The largest absolute Gasteiger partial charge is 0.496 e. The first-order valence-electron chi connectivity index (χ1n) is 15.4. The van der Waals surface area contributed by atoms with Crippen molar-refractivity contribution in [2.75, 3.05) is 7.11 Å². The van der Waals surface area contributed by atoms with Crippen molar-refractivity contribution in [3.8, 4) is 61.8 Å². The Balaban J connectivity index is 1.25. The molecular formula is C42H30N2O2. The number of benzene rings is 5. The molecule has 46 heavy (non-hydrogen) atoms. The lowest BCUT2D eigenvalue weighted by atomic mass is 9.97. The van der Waals surface area contributed by atoms with Crippen LogP contribution in [0, 0.1) is 6.92 Å². The van der Waals surface area contributed by atoms with Crippen LogP contribution in [-0.4, -0.2) is 17.1 Å². The third-order valence-electron chi connectivity index (χ3n) is 8.44. The number of furan rings is 1. The highest BCUT2D eigenvalue weighted by Gasteiger charge is 2.16. The van der Waals surface area contributed by atoms with E-state index in [0.29, 0.717) is 0 Å². The van der Waals surface area contributed by atoms with Crippen LogP contribution < -0.4 is 4.74 Å². The number of hydrogen-bond acceptors (Lipinski definition) is 4. The van der Waals surface area contributed by atoms with Crippen molar-refractivity contribution in [1.82, 2.24) is 9.97 Å². The number of fused-ring (bicyclic) bond motifs is 3. The molecule has 5 aromatic carbocycles. The Labute approximate surface area is 267 Å². The van der Waals surface area contributed by atoms with Crippen molar-refractivity contribution >= 4 is 21.9 Å². The fourth-order valence-electron chi connectivity index (χ4n) is 6.25. The lowest BCUT2D eigenvalue weighted by molar-refractivity contribution is 0.416. The van der Waals surface area contributed by atoms with Gasteiger partial charge in [0.05, 0.1) is 24.2 Å². The van der Waals surface area contributed by atoms with E-state index in [9.17, 15) is 0 Å². The zero-order chi connectivity index (χ0) is 31.0. The Morgan fingerprint density at radius 1 is 0.478 bits per heavy atom. The summed E-state index contributed by atoms with van der Waals surface area (Å²) >= 11 is 0. The molecule has 4 nitrogen and oxygen atoms in total. The molecule has 8 rings (SSSR count). The molecule has 4 heteroatoms. The number of ether oxygens (including phenoxy) is 1. The molecule has 0 atom stereocenters. The summed E-state index contributed by atoms with van der Waals surface area (Å²) in [6.45, 7) is 2.04. The predicted octanol–water partition coefficient (Wildman–Crippen LogP) is 11.0. The molecule has 0 N–H and O–H groups in total. The second kappa shape index (κ2) is 11.5. The van der Waals surface area contributed by atoms with Crippen LogP contribution in [0.2, 0.25) is 0 Å². The molecule has 0 amide bonds. The maximum Gasteiger partial charge on any atom is 0.143 e. The van der Waals surface area contributed by atoms with Gasteiger partial charge in [0.1, 0.15) is 16.9 Å². The van der Waals surface area contributed by atoms with Gasteiger partial charge in [-0.05, 0) is 72.1 Å². The molecule has 0 fully saturated rings. The number of para-hydroxylation sites is 3.